The van der Waals surface area contributed by atoms with Crippen molar-refractivity contribution in [2.45, 2.75) is 44.0 Å². The summed E-state index contributed by atoms with van der Waals surface area (Å²) in [4.78, 5) is 84.9. The number of nitrogens with two attached hydrogens (primary N) is 1. The van der Waals surface area contributed by atoms with E-state index in [1.807, 2.05) is 7.05 Å². The van der Waals surface area contributed by atoms with Gasteiger partial charge in [-0.25, -0.2) is 4.98 Å². The van der Waals surface area contributed by atoms with Crippen molar-refractivity contribution in [1.29, 1.82) is 0 Å². The van der Waals surface area contributed by atoms with E-state index in [1.54, 1.807) is 30.0 Å². The Morgan fingerprint density at radius 1 is 1.21 bits per heavy atom. The third-order valence-electron chi connectivity index (χ3n) is 9.07. The molecule has 3 aliphatic carbocycles. The highest BCUT2D eigenvalue weighted by molar-refractivity contribution is 6.32. The number of aryl methyl sites for hydroxylation is 1. The molecule has 0 saturated heterocycles. The molecule has 43 heavy (non-hydrogen) atoms. The van der Waals surface area contributed by atoms with Gasteiger partial charge in [-0.15, -0.1) is 0 Å². The van der Waals surface area contributed by atoms with Crippen molar-refractivity contribution < 1.29 is 39.0 Å². The number of benzene rings is 1. The van der Waals surface area contributed by atoms with Gasteiger partial charge in [-0.2, -0.15) is 0 Å². The summed E-state index contributed by atoms with van der Waals surface area (Å²) in [6.07, 6.45) is 3.49. The first-order chi connectivity index (χ1) is 20.2. The monoisotopic (exact) mass is 594 g/mol. The van der Waals surface area contributed by atoms with E-state index in [2.05, 4.69) is 15.6 Å². The quantitative estimate of drug-likeness (QED) is 0.188. The van der Waals surface area contributed by atoms with E-state index >= 15 is 0 Å². The average molecular weight is 595 g/mol. The largest absolute Gasteiger partial charge is 0.505 e. The summed E-state index contributed by atoms with van der Waals surface area (Å²) in [5.41, 5.74) is 2.71. The van der Waals surface area contributed by atoms with Crippen LogP contribution in [-0.2, 0) is 44.0 Å². The number of fused-ring (bicyclic) bond motifs is 3. The number of rotatable bonds is 7. The Morgan fingerprint density at radius 3 is 2.51 bits per heavy atom. The van der Waals surface area contributed by atoms with Gasteiger partial charge in [-0.1, -0.05) is 6.07 Å². The lowest BCUT2D eigenvalue weighted by Gasteiger charge is -2.52. The zero-order valence-corrected chi connectivity index (χ0v) is 24.2. The smallest absolute Gasteiger partial charge is 0.241 e. The maximum Gasteiger partial charge on any atom is 0.241 e. The van der Waals surface area contributed by atoms with Gasteiger partial charge in [0, 0.05) is 25.4 Å². The SMILES string of the molecule is CC(NCc1nccn1C)C(=O)Nc1ccc2c(c1O)C(=O)C1C(=O)[C@]3(O)C(=O)C(C(N)=O)C(=O)[C@@H](N(C)C)C3CC1C2. The molecule has 14 heteroatoms. The van der Waals surface area contributed by atoms with Crippen LogP contribution in [0.25, 0.3) is 0 Å². The number of phenolic OH excluding ortho intramolecular Hbond substituents is 1. The number of nitrogens with zero attached hydrogens (tertiary/aromatic N) is 3. The standard InChI is InChI=1S/C29H34N6O8/c1-12(32-11-17-31-7-8-35(17)4)28(42)33-16-6-5-13-9-14-10-15-21(34(2)3)24(38)20(27(30)41)26(40)29(15,43)25(39)19(14)23(37)18(13)22(16)36/h5-8,12,14-15,19-21,32,36,43H,9-11H2,1-4H3,(H2,30,41)(H,33,42)/t12?,14?,15?,19?,20?,21-,29-/m0/s1. The van der Waals surface area contributed by atoms with Gasteiger partial charge in [0.05, 0.1) is 35.8 Å². The van der Waals surface area contributed by atoms with Gasteiger partial charge < -0.3 is 25.8 Å². The molecule has 2 fully saturated rings. The highest BCUT2D eigenvalue weighted by Gasteiger charge is 2.69. The molecule has 7 atom stereocenters. The summed E-state index contributed by atoms with van der Waals surface area (Å²) in [7, 11) is 4.87. The lowest BCUT2D eigenvalue weighted by Crippen LogP contribution is -2.74. The lowest BCUT2D eigenvalue weighted by molar-refractivity contribution is -0.181. The minimum Gasteiger partial charge on any atom is -0.505 e. The molecule has 0 bridgehead atoms. The van der Waals surface area contributed by atoms with Crippen molar-refractivity contribution in [2.75, 3.05) is 19.4 Å². The summed E-state index contributed by atoms with van der Waals surface area (Å²) in [6.45, 7) is 1.92. The van der Waals surface area contributed by atoms with E-state index in [0.717, 1.165) is 0 Å². The van der Waals surface area contributed by atoms with Crippen LogP contribution in [0.1, 0.15) is 35.1 Å². The number of amides is 2. The van der Waals surface area contributed by atoms with Crippen molar-refractivity contribution in [3.63, 3.8) is 0 Å². The van der Waals surface area contributed by atoms with Crippen molar-refractivity contribution in [3.05, 3.63) is 41.5 Å². The van der Waals surface area contributed by atoms with Gasteiger partial charge in [0.15, 0.2) is 34.7 Å². The van der Waals surface area contributed by atoms with Gasteiger partial charge in [-0.05, 0) is 51.4 Å². The van der Waals surface area contributed by atoms with Gasteiger partial charge in [0.1, 0.15) is 11.6 Å². The fraction of sp³-hybridized carbons (Fsp3) is 0.483. The Hall–Kier alpha value is -4.27. The van der Waals surface area contributed by atoms with Crippen molar-refractivity contribution in [1.82, 2.24) is 19.8 Å². The summed E-state index contributed by atoms with van der Waals surface area (Å²) in [5.74, 6) is -11.1. The van der Waals surface area contributed by atoms with Crippen LogP contribution in [0.4, 0.5) is 5.69 Å². The molecule has 0 radical (unpaired) electrons. The van der Waals surface area contributed by atoms with E-state index in [9.17, 15) is 39.0 Å². The van der Waals surface area contributed by atoms with E-state index in [0.29, 0.717) is 17.9 Å². The molecule has 2 amide bonds. The first kappa shape index (κ1) is 30.2. The van der Waals surface area contributed by atoms with E-state index in [-0.39, 0.29) is 24.1 Å². The summed E-state index contributed by atoms with van der Waals surface area (Å²) < 4.78 is 1.80. The lowest BCUT2D eigenvalue weighted by atomic mass is 9.52. The average Bonchev–Trinajstić information content (AvgIpc) is 3.34. The number of nitrogens with one attached hydrogen (secondary N) is 2. The van der Waals surface area contributed by atoms with Crippen molar-refractivity contribution in [3.8, 4) is 5.75 Å². The number of carbonyl (C=O) groups excluding carboxylic acids is 6. The number of primary amides is 1. The third kappa shape index (κ3) is 4.65. The highest BCUT2D eigenvalue weighted by atomic mass is 16.3. The minimum atomic E-state index is -2.80. The van der Waals surface area contributed by atoms with Gasteiger partial charge in [0.2, 0.25) is 11.8 Å². The topological polar surface area (TPSA) is 214 Å². The number of phenols is 1. The van der Waals surface area contributed by atoms with Crippen LogP contribution in [-0.4, -0.2) is 91.4 Å². The molecule has 5 unspecified atom stereocenters. The molecular weight excluding hydrogens is 560 g/mol. The number of aliphatic hydroxyl groups is 1. The number of imidazole rings is 1. The summed E-state index contributed by atoms with van der Waals surface area (Å²) in [5, 5.41) is 28.4. The second-order valence-corrected chi connectivity index (χ2v) is 11.8. The molecule has 5 rings (SSSR count). The first-order valence-corrected chi connectivity index (χ1v) is 13.9. The molecule has 3 aliphatic rings. The maximum absolute atomic E-state index is 13.9. The van der Waals surface area contributed by atoms with Crippen LogP contribution in [0.2, 0.25) is 0 Å². The number of hydrogen-bond acceptors (Lipinski definition) is 11. The second-order valence-electron chi connectivity index (χ2n) is 11.8. The predicted octanol–water partition coefficient (Wildman–Crippen LogP) is -1.28. The number of ketones is 4. The summed E-state index contributed by atoms with van der Waals surface area (Å²) >= 11 is 0. The van der Waals surface area contributed by atoms with Crippen LogP contribution >= 0.6 is 0 Å². The second kappa shape index (κ2) is 10.8. The predicted molar refractivity (Wildman–Crippen MR) is 149 cm³/mol. The number of aromatic nitrogens is 2. The number of aromatic hydroxyl groups is 1. The number of likely N-dealkylation sites (N-methyl/N-ethyl adjacent to an activating group) is 1. The summed E-state index contributed by atoms with van der Waals surface area (Å²) in [6, 6.07) is 1.15. The number of Topliss-reactive ketones (excluding diaryl/α,β-unsaturated/α-hetero) is 4. The number of hydrogen-bond donors (Lipinski definition) is 5. The van der Waals surface area contributed by atoms with E-state index in [4.69, 9.17) is 5.73 Å². The molecule has 14 nitrogen and oxygen atoms in total. The normalized spacial score (nSPS) is 29.1. The molecular formula is C29H34N6O8. The molecule has 228 valence electrons. The maximum atomic E-state index is 13.9. The van der Waals surface area contributed by atoms with Gasteiger partial charge >= 0.3 is 0 Å². The molecule has 1 aromatic carbocycles. The van der Waals surface area contributed by atoms with Crippen LogP contribution in [0.3, 0.4) is 0 Å². The van der Waals surface area contributed by atoms with E-state index < -0.39 is 82.1 Å². The Bertz CT molecular complexity index is 1570. The molecule has 0 aliphatic heterocycles. The minimum absolute atomic E-state index is 0.0394. The fourth-order valence-electron chi connectivity index (χ4n) is 6.83. The zero-order chi connectivity index (χ0) is 31.5. The Kier molecular flexibility index (Phi) is 7.57. The Labute approximate surface area is 246 Å². The first-order valence-electron chi connectivity index (χ1n) is 13.9. The Morgan fingerprint density at radius 2 is 1.91 bits per heavy atom. The molecule has 2 saturated carbocycles. The Balaban J connectivity index is 1.43. The van der Waals surface area contributed by atoms with Crippen molar-refractivity contribution >= 4 is 40.6 Å². The van der Waals surface area contributed by atoms with Gasteiger partial charge in [-0.3, -0.25) is 39.0 Å². The molecule has 1 heterocycles. The molecule has 2 aromatic rings. The fourth-order valence-corrected chi connectivity index (χ4v) is 6.83. The van der Waals surface area contributed by atoms with Crippen molar-refractivity contribution in [2.24, 2.45) is 36.5 Å². The zero-order valence-electron chi connectivity index (χ0n) is 24.2. The molecule has 1 aromatic heterocycles. The van der Waals surface area contributed by atoms with Crippen LogP contribution in [0.5, 0.6) is 5.75 Å². The van der Waals surface area contributed by atoms with E-state index in [1.165, 1.54) is 25.1 Å². The van der Waals surface area contributed by atoms with Crippen LogP contribution < -0.4 is 16.4 Å². The molecule has 6 N–H and O–H groups in total. The van der Waals surface area contributed by atoms with Gasteiger partial charge in [0.25, 0.3) is 0 Å². The number of carbonyl (C=O) groups is 6. The third-order valence-corrected chi connectivity index (χ3v) is 9.07. The highest BCUT2D eigenvalue weighted by Crippen LogP contribution is 2.51. The molecule has 0 spiro atoms. The number of anilines is 1. The van der Waals surface area contributed by atoms with Crippen LogP contribution in [0, 0.1) is 23.7 Å². The van der Waals surface area contributed by atoms with Crippen LogP contribution in [0.15, 0.2) is 24.5 Å².